The Hall–Kier alpha value is -3.29. The van der Waals surface area contributed by atoms with E-state index in [1.165, 1.54) is 19.1 Å². The first-order chi connectivity index (χ1) is 14.1. The Morgan fingerprint density at radius 1 is 1.07 bits per heavy atom. The molecule has 0 radical (unpaired) electrons. The van der Waals surface area contributed by atoms with Crippen LogP contribution >= 0.6 is 0 Å². The molecule has 0 aliphatic carbocycles. The van der Waals surface area contributed by atoms with Gasteiger partial charge in [-0.15, -0.1) is 0 Å². The van der Waals surface area contributed by atoms with Crippen LogP contribution in [0.4, 0.5) is 13.2 Å². The predicted octanol–water partition coefficient (Wildman–Crippen LogP) is 4.11. The van der Waals surface area contributed by atoms with Crippen molar-refractivity contribution in [2.24, 2.45) is 0 Å². The summed E-state index contributed by atoms with van der Waals surface area (Å²) in [5.74, 6) is -0.845. The second-order valence-corrected chi connectivity index (χ2v) is 7.17. The van der Waals surface area contributed by atoms with Crippen molar-refractivity contribution in [3.05, 3.63) is 71.4 Å². The van der Waals surface area contributed by atoms with Crippen LogP contribution < -0.4 is 10.6 Å². The van der Waals surface area contributed by atoms with E-state index in [1.807, 2.05) is 24.3 Å². The Morgan fingerprint density at radius 2 is 1.80 bits per heavy atom. The summed E-state index contributed by atoms with van der Waals surface area (Å²) in [4.78, 5) is 27.6. The van der Waals surface area contributed by atoms with Crippen molar-refractivity contribution in [3.63, 3.8) is 0 Å². The SMILES string of the molecule is CC(=O)NC(Cc1c[nH]c2ccccc12)C(=O)NC(C)c1cccc(C(F)(F)F)c1. The molecule has 3 aromatic rings. The molecule has 0 aliphatic rings. The second-order valence-electron chi connectivity index (χ2n) is 7.17. The first kappa shape index (κ1) is 21.4. The summed E-state index contributed by atoms with van der Waals surface area (Å²) in [6, 6.07) is 10.9. The zero-order valence-electron chi connectivity index (χ0n) is 16.5. The van der Waals surface area contributed by atoms with Crippen molar-refractivity contribution < 1.29 is 22.8 Å². The molecule has 2 aromatic carbocycles. The first-order valence-corrected chi connectivity index (χ1v) is 9.45. The van der Waals surface area contributed by atoms with Crippen LogP contribution in [0.3, 0.4) is 0 Å². The Morgan fingerprint density at radius 3 is 2.50 bits per heavy atom. The van der Waals surface area contributed by atoms with Gasteiger partial charge in [-0.3, -0.25) is 9.59 Å². The molecule has 2 unspecified atom stereocenters. The lowest BCUT2D eigenvalue weighted by Gasteiger charge is -2.21. The Bertz CT molecular complexity index is 1060. The van der Waals surface area contributed by atoms with Crippen molar-refractivity contribution in [2.75, 3.05) is 0 Å². The van der Waals surface area contributed by atoms with Gasteiger partial charge in [0, 0.05) is 30.4 Å². The average Bonchev–Trinajstić information content (AvgIpc) is 3.09. The minimum absolute atomic E-state index is 0.241. The van der Waals surface area contributed by atoms with Crippen LogP contribution in [0.1, 0.15) is 36.6 Å². The van der Waals surface area contributed by atoms with Gasteiger partial charge in [0.05, 0.1) is 11.6 Å². The summed E-state index contributed by atoms with van der Waals surface area (Å²) in [7, 11) is 0. The minimum atomic E-state index is -4.46. The monoisotopic (exact) mass is 417 g/mol. The molecule has 5 nitrogen and oxygen atoms in total. The predicted molar refractivity (Wildman–Crippen MR) is 108 cm³/mol. The van der Waals surface area contributed by atoms with E-state index in [0.717, 1.165) is 28.6 Å². The molecule has 1 heterocycles. The first-order valence-electron chi connectivity index (χ1n) is 9.45. The molecule has 0 fully saturated rings. The number of aromatic nitrogens is 1. The molecule has 0 saturated carbocycles. The minimum Gasteiger partial charge on any atom is -0.361 e. The second kappa shape index (κ2) is 8.61. The number of para-hydroxylation sites is 1. The van der Waals surface area contributed by atoms with Gasteiger partial charge in [-0.2, -0.15) is 13.2 Å². The number of carbonyl (C=O) groups is 2. The third-order valence-electron chi connectivity index (χ3n) is 4.87. The number of hydrogen-bond donors (Lipinski definition) is 3. The third kappa shape index (κ3) is 5.00. The quantitative estimate of drug-likeness (QED) is 0.565. The number of rotatable bonds is 6. The van der Waals surface area contributed by atoms with Gasteiger partial charge in [0.2, 0.25) is 11.8 Å². The van der Waals surface area contributed by atoms with E-state index in [0.29, 0.717) is 5.56 Å². The molecule has 1 aromatic heterocycles. The highest BCUT2D eigenvalue weighted by atomic mass is 19.4. The summed E-state index contributed by atoms with van der Waals surface area (Å²) in [5.41, 5.74) is 1.31. The van der Waals surface area contributed by atoms with Gasteiger partial charge in [0.15, 0.2) is 0 Å². The molecule has 0 aliphatic heterocycles. The van der Waals surface area contributed by atoms with Crippen molar-refractivity contribution in [3.8, 4) is 0 Å². The van der Waals surface area contributed by atoms with Gasteiger partial charge >= 0.3 is 6.18 Å². The van der Waals surface area contributed by atoms with Crippen LogP contribution in [-0.4, -0.2) is 22.8 Å². The largest absolute Gasteiger partial charge is 0.416 e. The summed E-state index contributed by atoms with van der Waals surface area (Å²) in [6.07, 6.45) is -2.44. The molecular formula is C22H22F3N3O2. The van der Waals surface area contributed by atoms with Gasteiger partial charge in [-0.1, -0.05) is 30.3 Å². The lowest BCUT2D eigenvalue weighted by Crippen LogP contribution is -2.47. The maximum atomic E-state index is 13.0. The molecule has 2 amide bonds. The standard InChI is InChI=1S/C22H22F3N3O2/c1-13(15-6-5-7-17(10-15)22(23,24)25)27-21(30)20(28-14(2)29)11-16-12-26-19-9-4-3-8-18(16)19/h3-10,12-13,20,26H,11H2,1-2H3,(H,27,30)(H,28,29). The highest BCUT2D eigenvalue weighted by molar-refractivity contribution is 5.89. The van der Waals surface area contributed by atoms with Gasteiger partial charge in [0.25, 0.3) is 0 Å². The Balaban J connectivity index is 1.78. The lowest BCUT2D eigenvalue weighted by molar-refractivity contribution is -0.137. The topological polar surface area (TPSA) is 74.0 Å². The molecule has 8 heteroatoms. The van der Waals surface area contributed by atoms with E-state index in [-0.39, 0.29) is 12.3 Å². The average molecular weight is 417 g/mol. The molecule has 0 bridgehead atoms. The fourth-order valence-corrected chi connectivity index (χ4v) is 3.36. The van der Waals surface area contributed by atoms with Crippen LogP contribution in [-0.2, 0) is 22.2 Å². The summed E-state index contributed by atoms with van der Waals surface area (Å²) in [6.45, 7) is 2.91. The van der Waals surface area contributed by atoms with Gasteiger partial charge in [-0.05, 0) is 36.2 Å². The van der Waals surface area contributed by atoms with Crippen LogP contribution in [0.15, 0.2) is 54.7 Å². The van der Waals surface area contributed by atoms with Gasteiger partial charge in [-0.25, -0.2) is 0 Å². The Kier molecular flexibility index (Phi) is 6.14. The van der Waals surface area contributed by atoms with Crippen molar-refractivity contribution in [1.29, 1.82) is 0 Å². The van der Waals surface area contributed by atoms with E-state index in [1.54, 1.807) is 13.1 Å². The normalized spacial score (nSPS) is 13.6. The molecule has 3 N–H and O–H groups in total. The van der Waals surface area contributed by atoms with Crippen molar-refractivity contribution in [1.82, 2.24) is 15.6 Å². The van der Waals surface area contributed by atoms with Gasteiger partial charge < -0.3 is 15.6 Å². The number of carbonyl (C=O) groups excluding carboxylic acids is 2. The number of H-pyrrole nitrogens is 1. The summed E-state index contributed by atoms with van der Waals surface area (Å²) in [5, 5.41) is 6.28. The number of nitrogens with one attached hydrogen (secondary N) is 3. The molecule has 2 atom stereocenters. The molecule has 30 heavy (non-hydrogen) atoms. The van der Waals surface area contributed by atoms with E-state index < -0.39 is 29.7 Å². The van der Waals surface area contributed by atoms with Crippen molar-refractivity contribution in [2.45, 2.75) is 38.5 Å². The summed E-state index contributed by atoms with van der Waals surface area (Å²) < 4.78 is 38.9. The highest BCUT2D eigenvalue weighted by Crippen LogP contribution is 2.30. The lowest BCUT2D eigenvalue weighted by atomic mass is 10.0. The zero-order valence-corrected chi connectivity index (χ0v) is 16.5. The van der Waals surface area contributed by atoms with Crippen molar-refractivity contribution >= 4 is 22.7 Å². The highest BCUT2D eigenvalue weighted by Gasteiger charge is 2.31. The number of hydrogen-bond acceptors (Lipinski definition) is 2. The number of fused-ring (bicyclic) bond motifs is 1. The number of aromatic amines is 1. The molecule has 0 spiro atoms. The maximum Gasteiger partial charge on any atom is 0.416 e. The van der Waals surface area contributed by atoms with Crippen LogP contribution in [0.2, 0.25) is 0 Å². The van der Waals surface area contributed by atoms with E-state index in [9.17, 15) is 22.8 Å². The maximum absolute atomic E-state index is 13.0. The molecule has 0 saturated heterocycles. The molecule has 3 rings (SSSR count). The van der Waals surface area contributed by atoms with Crippen LogP contribution in [0.5, 0.6) is 0 Å². The van der Waals surface area contributed by atoms with Gasteiger partial charge in [0.1, 0.15) is 6.04 Å². The fourth-order valence-electron chi connectivity index (χ4n) is 3.36. The number of benzene rings is 2. The number of halogens is 3. The summed E-state index contributed by atoms with van der Waals surface area (Å²) >= 11 is 0. The van der Waals surface area contributed by atoms with Crippen LogP contribution in [0, 0.1) is 0 Å². The van der Waals surface area contributed by atoms with E-state index >= 15 is 0 Å². The number of amides is 2. The van der Waals surface area contributed by atoms with Crippen LogP contribution in [0.25, 0.3) is 10.9 Å². The smallest absolute Gasteiger partial charge is 0.361 e. The third-order valence-corrected chi connectivity index (χ3v) is 4.87. The fraction of sp³-hybridized carbons (Fsp3) is 0.273. The Labute approximate surface area is 171 Å². The molecular weight excluding hydrogens is 395 g/mol. The molecule has 158 valence electrons. The number of alkyl halides is 3. The zero-order chi connectivity index (χ0) is 21.9. The van der Waals surface area contributed by atoms with E-state index in [4.69, 9.17) is 0 Å². The van der Waals surface area contributed by atoms with E-state index in [2.05, 4.69) is 15.6 Å².